The lowest BCUT2D eigenvalue weighted by Gasteiger charge is -2.21. The van der Waals surface area contributed by atoms with Gasteiger partial charge >= 0.3 is 0 Å². The topological polar surface area (TPSA) is 41.5 Å². The maximum Gasteiger partial charge on any atom is 0.124 e. The molecule has 0 heterocycles. The normalized spacial score (nSPS) is 11.9. The predicted molar refractivity (Wildman–Crippen MR) is 77.9 cm³/mol. The Hall–Kier alpha value is -1.71. The zero-order valence-electron chi connectivity index (χ0n) is 10.6. The molecule has 0 saturated carbocycles. The van der Waals surface area contributed by atoms with E-state index in [4.69, 9.17) is 16.3 Å². The minimum absolute atomic E-state index is 0.0500. The number of hydrogen-bond acceptors (Lipinski definition) is 3. The molecule has 0 radical (unpaired) electrons. The van der Waals surface area contributed by atoms with E-state index in [9.17, 15) is 5.11 Å². The molecule has 0 amide bonds. The van der Waals surface area contributed by atoms with Gasteiger partial charge in [0.25, 0.3) is 0 Å². The van der Waals surface area contributed by atoms with Crippen molar-refractivity contribution in [2.45, 2.75) is 6.04 Å². The third-order valence-corrected chi connectivity index (χ3v) is 3.23. The first-order valence-electron chi connectivity index (χ1n) is 6.01. The van der Waals surface area contributed by atoms with Crippen LogP contribution in [0.5, 0.6) is 5.75 Å². The number of nitrogens with one attached hydrogen (secondary N) is 1. The summed E-state index contributed by atoms with van der Waals surface area (Å²) in [5.74, 6) is 0.737. The van der Waals surface area contributed by atoms with Crippen LogP contribution in [0.25, 0.3) is 0 Å². The van der Waals surface area contributed by atoms with Crippen molar-refractivity contribution in [3.63, 3.8) is 0 Å². The summed E-state index contributed by atoms with van der Waals surface area (Å²) in [6, 6.07) is 14.8. The van der Waals surface area contributed by atoms with Crippen molar-refractivity contribution in [1.82, 2.24) is 0 Å². The first kappa shape index (κ1) is 13.7. The van der Waals surface area contributed by atoms with E-state index in [1.165, 1.54) is 0 Å². The first-order chi connectivity index (χ1) is 9.26. The van der Waals surface area contributed by atoms with Gasteiger partial charge in [-0.15, -0.1) is 0 Å². The maximum atomic E-state index is 9.59. The molecule has 0 aliphatic heterocycles. The third kappa shape index (κ3) is 3.19. The lowest BCUT2D eigenvalue weighted by molar-refractivity contribution is 0.273. The molecule has 19 heavy (non-hydrogen) atoms. The molecule has 3 nitrogen and oxygen atoms in total. The van der Waals surface area contributed by atoms with Gasteiger partial charge in [-0.05, 0) is 18.2 Å². The Bertz CT molecular complexity index is 545. The van der Waals surface area contributed by atoms with E-state index >= 15 is 0 Å². The van der Waals surface area contributed by atoms with Gasteiger partial charge in [-0.2, -0.15) is 0 Å². The van der Waals surface area contributed by atoms with E-state index in [-0.39, 0.29) is 12.6 Å². The summed E-state index contributed by atoms with van der Waals surface area (Å²) in [5.41, 5.74) is 1.68. The van der Waals surface area contributed by atoms with Crippen LogP contribution in [0.15, 0.2) is 48.5 Å². The smallest absolute Gasteiger partial charge is 0.124 e. The lowest BCUT2D eigenvalue weighted by Crippen LogP contribution is -2.16. The van der Waals surface area contributed by atoms with E-state index in [1.807, 2.05) is 42.5 Å². The number of halogens is 1. The molecule has 0 aromatic heterocycles. The van der Waals surface area contributed by atoms with Crippen LogP contribution >= 0.6 is 11.6 Å². The maximum absolute atomic E-state index is 9.59. The Morgan fingerprint density at radius 1 is 1.16 bits per heavy atom. The van der Waals surface area contributed by atoms with Crippen LogP contribution in [0.3, 0.4) is 0 Å². The number of anilines is 1. The van der Waals surface area contributed by atoms with Crippen molar-refractivity contribution >= 4 is 17.3 Å². The number of benzene rings is 2. The highest BCUT2D eigenvalue weighted by atomic mass is 35.5. The van der Waals surface area contributed by atoms with E-state index in [2.05, 4.69) is 5.32 Å². The fraction of sp³-hybridized carbons (Fsp3) is 0.200. The molecule has 4 heteroatoms. The van der Waals surface area contributed by atoms with E-state index in [0.717, 1.165) is 17.0 Å². The summed E-state index contributed by atoms with van der Waals surface area (Å²) in [6.07, 6.45) is 0. The Labute approximate surface area is 117 Å². The SMILES string of the molecule is COc1ccccc1C(CO)Nc1ccccc1Cl. The molecule has 2 aromatic rings. The minimum Gasteiger partial charge on any atom is -0.496 e. The highest BCUT2D eigenvalue weighted by molar-refractivity contribution is 6.33. The molecule has 0 saturated heterocycles. The van der Waals surface area contributed by atoms with Crippen LogP contribution in [-0.2, 0) is 0 Å². The quantitative estimate of drug-likeness (QED) is 0.879. The second kappa shape index (κ2) is 6.45. The molecule has 0 aliphatic rings. The van der Waals surface area contributed by atoms with Gasteiger partial charge in [0, 0.05) is 5.56 Å². The Morgan fingerprint density at radius 2 is 1.84 bits per heavy atom. The van der Waals surface area contributed by atoms with Crippen LogP contribution in [0.1, 0.15) is 11.6 Å². The molecule has 1 atom stereocenters. The molecular formula is C15H16ClNO2. The van der Waals surface area contributed by atoms with E-state index in [0.29, 0.717) is 5.02 Å². The van der Waals surface area contributed by atoms with Gasteiger partial charge in [-0.25, -0.2) is 0 Å². The largest absolute Gasteiger partial charge is 0.496 e. The van der Waals surface area contributed by atoms with Gasteiger partial charge in [-0.3, -0.25) is 0 Å². The van der Waals surface area contributed by atoms with Gasteiger partial charge in [0.05, 0.1) is 30.5 Å². The van der Waals surface area contributed by atoms with Crippen LogP contribution in [0.4, 0.5) is 5.69 Å². The molecule has 2 aromatic carbocycles. The first-order valence-corrected chi connectivity index (χ1v) is 6.39. The number of aliphatic hydroxyl groups is 1. The number of aliphatic hydroxyl groups excluding tert-OH is 1. The monoisotopic (exact) mass is 277 g/mol. The summed E-state index contributed by atoms with van der Waals surface area (Å²) in [4.78, 5) is 0. The Morgan fingerprint density at radius 3 is 2.53 bits per heavy atom. The van der Waals surface area contributed by atoms with Gasteiger partial charge in [0.1, 0.15) is 5.75 Å². The van der Waals surface area contributed by atoms with Crippen molar-refractivity contribution in [2.75, 3.05) is 19.0 Å². The summed E-state index contributed by atoms with van der Waals surface area (Å²) in [5, 5.41) is 13.4. The van der Waals surface area contributed by atoms with E-state index in [1.54, 1.807) is 13.2 Å². The summed E-state index contributed by atoms with van der Waals surface area (Å²) < 4.78 is 5.31. The fourth-order valence-electron chi connectivity index (χ4n) is 1.94. The van der Waals surface area contributed by atoms with Gasteiger partial charge in [-0.1, -0.05) is 41.9 Å². The molecule has 100 valence electrons. The van der Waals surface area contributed by atoms with Crippen molar-refractivity contribution in [3.05, 3.63) is 59.1 Å². The number of ether oxygens (including phenoxy) is 1. The van der Waals surface area contributed by atoms with E-state index < -0.39 is 0 Å². The Balaban J connectivity index is 2.28. The molecule has 2 N–H and O–H groups in total. The van der Waals surface area contributed by atoms with Crippen molar-refractivity contribution in [3.8, 4) is 5.75 Å². The van der Waals surface area contributed by atoms with Crippen LogP contribution in [0, 0.1) is 0 Å². The molecule has 0 bridgehead atoms. The molecular weight excluding hydrogens is 262 g/mol. The average molecular weight is 278 g/mol. The summed E-state index contributed by atoms with van der Waals surface area (Å²) >= 11 is 6.11. The summed E-state index contributed by atoms with van der Waals surface area (Å²) in [7, 11) is 1.61. The van der Waals surface area contributed by atoms with Gasteiger partial charge < -0.3 is 15.2 Å². The number of hydrogen-bond donors (Lipinski definition) is 2. The number of methoxy groups -OCH3 is 1. The van der Waals surface area contributed by atoms with Gasteiger partial charge in [0.2, 0.25) is 0 Å². The second-order valence-corrected chi connectivity index (χ2v) is 4.51. The zero-order chi connectivity index (χ0) is 13.7. The average Bonchev–Trinajstić information content (AvgIpc) is 2.46. The molecule has 0 aliphatic carbocycles. The van der Waals surface area contributed by atoms with Crippen molar-refractivity contribution < 1.29 is 9.84 Å². The highest BCUT2D eigenvalue weighted by Crippen LogP contribution is 2.30. The lowest BCUT2D eigenvalue weighted by atomic mass is 10.1. The van der Waals surface area contributed by atoms with Crippen molar-refractivity contribution in [2.24, 2.45) is 0 Å². The molecule has 0 spiro atoms. The Kier molecular flexibility index (Phi) is 4.66. The van der Waals surface area contributed by atoms with Crippen LogP contribution < -0.4 is 10.1 Å². The molecule has 2 rings (SSSR count). The minimum atomic E-state index is -0.268. The van der Waals surface area contributed by atoms with Crippen LogP contribution in [-0.4, -0.2) is 18.8 Å². The zero-order valence-corrected chi connectivity index (χ0v) is 11.4. The highest BCUT2D eigenvalue weighted by Gasteiger charge is 2.15. The van der Waals surface area contributed by atoms with Gasteiger partial charge in [0.15, 0.2) is 0 Å². The standard InChI is InChI=1S/C15H16ClNO2/c1-19-15-9-5-2-6-11(15)14(10-18)17-13-8-4-3-7-12(13)16/h2-9,14,17-18H,10H2,1H3. The number of para-hydroxylation sites is 2. The third-order valence-electron chi connectivity index (χ3n) is 2.90. The molecule has 1 unspecified atom stereocenters. The van der Waals surface area contributed by atoms with Crippen molar-refractivity contribution in [1.29, 1.82) is 0 Å². The number of rotatable bonds is 5. The second-order valence-electron chi connectivity index (χ2n) is 4.10. The van der Waals surface area contributed by atoms with Crippen LogP contribution in [0.2, 0.25) is 5.02 Å². The molecule has 0 fully saturated rings. The fourth-order valence-corrected chi connectivity index (χ4v) is 2.13. The summed E-state index contributed by atoms with van der Waals surface area (Å²) in [6.45, 7) is -0.0500. The predicted octanol–water partition coefficient (Wildman–Crippen LogP) is 3.49.